The third kappa shape index (κ3) is 1.73. The summed E-state index contributed by atoms with van der Waals surface area (Å²) in [5.74, 6) is 0.128. The predicted molar refractivity (Wildman–Crippen MR) is 79.6 cm³/mol. The lowest BCUT2D eigenvalue weighted by molar-refractivity contribution is 0.102. The van der Waals surface area contributed by atoms with Crippen molar-refractivity contribution >= 4 is 43.3 Å². The van der Waals surface area contributed by atoms with Crippen LogP contribution in [0, 0.1) is 0 Å². The molecular weight excluding hydrogens is 288 g/mol. The fourth-order valence-corrected chi connectivity index (χ4v) is 2.66. The monoisotopic (exact) mass is 298 g/mol. The lowest BCUT2D eigenvalue weighted by Gasteiger charge is -2.09. The van der Waals surface area contributed by atoms with Crippen molar-refractivity contribution in [3.63, 3.8) is 0 Å². The quantitative estimate of drug-likeness (QED) is 0.385. The van der Waals surface area contributed by atoms with Crippen LogP contribution in [0.2, 0.25) is 0 Å². The molecule has 3 rings (SSSR count). The van der Waals surface area contributed by atoms with Gasteiger partial charge in [-0.3, -0.25) is 4.79 Å². The Morgan fingerprint density at radius 2 is 1.39 bits per heavy atom. The zero-order valence-corrected chi connectivity index (χ0v) is 11.3. The van der Waals surface area contributed by atoms with Crippen LogP contribution in [0.15, 0.2) is 54.6 Å². The summed E-state index contributed by atoms with van der Waals surface area (Å²) in [7, 11) is 0. The topological polar surface area (TPSA) is 17.1 Å². The summed E-state index contributed by atoms with van der Waals surface area (Å²) in [5.41, 5.74) is 0.820. The molecule has 88 valence electrons. The van der Waals surface area contributed by atoms with Gasteiger partial charge in [-0.1, -0.05) is 64.5 Å². The van der Waals surface area contributed by atoms with Gasteiger partial charge in [0.25, 0.3) is 0 Å². The molecule has 0 bridgehead atoms. The van der Waals surface area contributed by atoms with Crippen LogP contribution in [0.1, 0.15) is 10.4 Å². The zero-order chi connectivity index (χ0) is 12.5. The van der Waals surface area contributed by atoms with Crippen molar-refractivity contribution in [1.82, 2.24) is 0 Å². The van der Waals surface area contributed by atoms with Gasteiger partial charge in [0.1, 0.15) is 0 Å². The molecule has 0 atom stereocenters. The van der Waals surface area contributed by atoms with E-state index in [0.29, 0.717) is 5.33 Å². The van der Waals surface area contributed by atoms with Gasteiger partial charge in [0.2, 0.25) is 0 Å². The van der Waals surface area contributed by atoms with Crippen molar-refractivity contribution in [2.45, 2.75) is 0 Å². The van der Waals surface area contributed by atoms with E-state index in [1.54, 1.807) is 0 Å². The van der Waals surface area contributed by atoms with Gasteiger partial charge >= 0.3 is 0 Å². The minimum Gasteiger partial charge on any atom is -0.293 e. The van der Waals surface area contributed by atoms with Gasteiger partial charge in [-0.05, 0) is 27.6 Å². The van der Waals surface area contributed by atoms with E-state index in [1.165, 1.54) is 0 Å². The van der Waals surface area contributed by atoms with Crippen molar-refractivity contribution in [2.24, 2.45) is 0 Å². The van der Waals surface area contributed by atoms with Gasteiger partial charge in [-0.2, -0.15) is 0 Å². The molecule has 0 aliphatic rings. The SMILES string of the molecule is O=C(CBr)c1c2ccccc2cc2ccccc12. The molecule has 0 aliphatic carbocycles. The Bertz CT molecular complexity index is 692. The number of halogens is 1. The molecule has 2 heteroatoms. The number of carbonyl (C=O) groups excluding carboxylic acids is 1. The Kier molecular flexibility index (Phi) is 2.88. The Balaban J connectivity index is 2.53. The van der Waals surface area contributed by atoms with E-state index >= 15 is 0 Å². The fourth-order valence-electron chi connectivity index (χ4n) is 2.38. The zero-order valence-electron chi connectivity index (χ0n) is 9.69. The van der Waals surface area contributed by atoms with Crippen LogP contribution in [0.25, 0.3) is 21.5 Å². The van der Waals surface area contributed by atoms with Crippen molar-refractivity contribution in [2.75, 3.05) is 5.33 Å². The van der Waals surface area contributed by atoms with Gasteiger partial charge in [-0.15, -0.1) is 0 Å². The average Bonchev–Trinajstić information content (AvgIpc) is 2.44. The normalized spacial score (nSPS) is 10.9. The molecule has 0 aromatic heterocycles. The third-order valence-corrected chi connectivity index (χ3v) is 3.68. The Labute approximate surface area is 114 Å². The summed E-state index contributed by atoms with van der Waals surface area (Å²) in [6.45, 7) is 0. The smallest absolute Gasteiger partial charge is 0.174 e. The minimum atomic E-state index is 0.128. The van der Waals surface area contributed by atoms with Gasteiger partial charge < -0.3 is 0 Å². The molecular formula is C16H11BrO. The summed E-state index contributed by atoms with van der Waals surface area (Å²) < 4.78 is 0. The first-order valence-corrected chi connectivity index (χ1v) is 6.93. The first-order chi connectivity index (χ1) is 8.81. The molecule has 1 nitrogen and oxygen atoms in total. The number of fused-ring (bicyclic) bond motifs is 2. The highest BCUT2D eigenvalue weighted by atomic mass is 79.9. The maximum atomic E-state index is 12.2. The number of Topliss-reactive ketones (excluding diaryl/α,β-unsaturated/α-hetero) is 1. The van der Waals surface area contributed by atoms with Crippen LogP contribution in [0.5, 0.6) is 0 Å². The number of carbonyl (C=O) groups is 1. The van der Waals surface area contributed by atoms with Gasteiger partial charge in [-0.25, -0.2) is 0 Å². The predicted octanol–water partition coefficient (Wildman–Crippen LogP) is 4.57. The second kappa shape index (κ2) is 4.54. The van der Waals surface area contributed by atoms with Crippen LogP contribution in [0.4, 0.5) is 0 Å². The summed E-state index contributed by atoms with van der Waals surface area (Å²) in [6, 6.07) is 18.2. The molecule has 0 radical (unpaired) electrons. The number of rotatable bonds is 2. The molecule has 0 N–H and O–H groups in total. The van der Waals surface area contributed by atoms with Crippen LogP contribution >= 0.6 is 15.9 Å². The van der Waals surface area contributed by atoms with Crippen molar-refractivity contribution in [3.8, 4) is 0 Å². The summed E-state index contributed by atoms with van der Waals surface area (Å²) in [5, 5.41) is 4.63. The fraction of sp³-hybridized carbons (Fsp3) is 0.0625. The van der Waals surface area contributed by atoms with Crippen LogP contribution in [0.3, 0.4) is 0 Å². The van der Waals surface area contributed by atoms with Crippen molar-refractivity contribution in [1.29, 1.82) is 0 Å². The molecule has 0 unspecified atom stereocenters. The first kappa shape index (κ1) is 11.4. The van der Waals surface area contributed by atoms with E-state index in [4.69, 9.17) is 0 Å². The molecule has 3 aromatic carbocycles. The minimum absolute atomic E-state index is 0.128. The van der Waals surface area contributed by atoms with Crippen LogP contribution in [-0.2, 0) is 0 Å². The second-order valence-electron chi connectivity index (χ2n) is 4.25. The van der Waals surface area contributed by atoms with Gasteiger partial charge in [0, 0.05) is 5.56 Å². The number of ketones is 1. The molecule has 0 saturated carbocycles. The van der Waals surface area contributed by atoms with E-state index in [0.717, 1.165) is 27.1 Å². The van der Waals surface area contributed by atoms with E-state index in [-0.39, 0.29) is 5.78 Å². The molecule has 18 heavy (non-hydrogen) atoms. The third-order valence-electron chi connectivity index (χ3n) is 3.17. The molecule has 0 amide bonds. The van der Waals surface area contributed by atoms with Crippen molar-refractivity contribution in [3.05, 3.63) is 60.2 Å². The van der Waals surface area contributed by atoms with Crippen molar-refractivity contribution < 1.29 is 4.79 Å². The van der Waals surface area contributed by atoms with Crippen LogP contribution < -0.4 is 0 Å². The highest BCUT2D eigenvalue weighted by Gasteiger charge is 2.13. The number of alkyl halides is 1. The summed E-state index contributed by atoms with van der Waals surface area (Å²) >= 11 is 3.27. The van der Waals surface area contributed by atoms with E-state index < -0.39 is 0 Å². The molecule has 0 spiro atoms. The second-order valence-corrected chi connectivity index (χ2v) is 4.81. The van der Waals surface area contributed by atoms with E-state index in [9.17, 15) is 4.79 Å². The van der Waals surface area contributed by atoms with E-state index in [2.05, 4.69) is 22.0 Å². The Morgan fingerprint density at radius 1 is 0.889 bits per heavy atom. The standard InChI is InChI=1S/C16H11BrO/c17-10-15(18)16-13-7-3-1-5-11(13)9-12-6-2-4-8-14(12)16/h1-9H,10H2. The number of hydrogen-bond donors (Lipinski definition) is 0. The maximum absolute atomic E-state index is 12.2. The average molecular weight is 299 g/mol. The lowest BCUT2D eigenvalue weighted by atomic mass is 9.95. The Hall–Kier alpha value is -1.67. The maximum Gasteiger partial charge on any atom is 0.174 e. The van der Waals surface area contributed by atoms with Gasteiger partial charge in [0.15, 0.2) is 5.78 Å². The van der Waals surface area contributed by atoms with Gasteiger partial charge in [0.05, 0.1) is 5.33 Å². The lowest BCUT2D eigenvalue weighted by Crippen LogP contribution is -2.02. The first-order valence-electron chi connectivity index (χ1n) is 5.81. The number of benzene rings is 3. The summed E-state index contributed by atoms with van der Waals surface area (Å²) in [6.07, 6.45) is 0. The molecule has 0 aliphatic heterocycles. The largest absolute Gasteiger partial charge is 0.293 e. The van der Waals surface area contributed by atoms with Crippen LogP contribution in [-0.4, -0.2) is 11.1 Å². The highest BCUT2D eigenvalue weighted by molar-refractivity contribution is 9.09. The van der Waals surface area contributed by atoms with E-state index in [1.807, 2.05) is 48.5 Å². The molecule has 0 fully saturated rings. The Morgan fingerprint density at radius 3 is 1.89 bits per heavy atom. The molecule has 0 saturated heterocycles. The number of hydrogen-bond acceptors (Lipinski definition) is 1. The summed E-state index contributed by atoms with van der Waals surface area (Å²) in [4.78, 5) is 12.2. The molecule has 0 heterocycles. The molecule has 3 aromatic rings. The highest BCUT2D eigenvalue weighted by Crippen LogP contribution is 2.29.